The number of likely N-dealkylation sites (N-methyl/N-ethyl adjacent to an activating group) is 1. The Morgan fingerprint density at radius 1 is 1.39 bits per heavy atom. The van der Waals surface area contributed by atoms with Crippen molar-refractivity contribution in [1.29, 1.82) is 0 Å². The van der Waals surface area contributed by atoms with Crippen molar-refractivity contribution in [2.75, 3.05) is 32.6 Å². The van der Waals surface area contributed by atoms with E-state index in [4.69, 9.17) is 4.74 Å². The standard InChI is InChI=1S/C13H24N4O/c1-6-9-18-11-7-8-14-12(16-11)15-10-13(2,3)17(4)5/h7-8H,6,9-10H2,1-5H3,(H,14,15,16). The third-order valence-electron chi connectivity index (χ3n) is 2.97. The second kappa shape index (κ2) is 6.54. The van der Waals surface area contributed by atoms with Gasteiger partial charge in [-0.3, -0.25) is 0 Å². The molecule has 0 unspecified atom stereocenters. The minimum Gasteiger partial charge on any atom is -0.478 e. The highest BCUT2D eigenvalue weighted by molar-refractivity contribution is 5.28. The first-order chi connectivity index (χ1) is 8.45. The van der Waals surface area contributed by atoms with Gasteiger partial charge in [0.25, 0.3) is 0 Å². The largest absolute Gasteiger partial charge is 0.478 e. The van der Waals surface area contributed by atoms with E-state index in [1.165, 1.54) is 0 Å². The zero-order chi connectivity index (χ0) is 13.6. The van der Waals surface area contributed by atoms with E-state index in [1.54, 1.807) is 12.3 Å². The second-order valence-electron chi connectivity index (χ2n) is 5.13. The first-order valence-electron chi connectivity index (χ1n) is 6.33. The molecule has 0 aromatic carbocycles. The van der Waals surface area contributed by atoms with E-state index >= 15 is 0 Å². The lowest BCUT2D eigenvalue weighted by molar-refractivity contribution is 0.209. The molecule has 5 nitrogen and oxygen atoms in total. The van der Waals surface area contributed by atoms with Gasteiger partial charge in [-0.2, -0.15) is 4.98 Å². The summed E-state index contributed by atoms with van der Waals surface area (Å²) in [6.45, 7) is 7.85. The summed E-state index contributed by atoms with van der Waals surface area (Å²) in [6.07, 6.45) is 2.68. The number of nitrogens with one attached hydrogen (secondary N) is 1. The molecule has 1 heterocycles. The molecular formula is C13H24N4O. The van der Waals surface area contributed by atoms with Crippen LogP contribution in [-0.2, 0) is 0 Å². The van der Waals surface area contributed by atoms with Crippen LogP contribution in [0.15, 0.2) is 12.3 Å². The fourth-order valence-electron chi connectivity index (χ4n) is 1.17. The Morgan fingerprint density at radius 2 is 2.11 bits per heavy atom. The predicted octanol–water partition coefficient (Wildman–Crippen LogP) is 2.02. The fourth-order valence-corrected chi connectivity index (χ4v) is 1.17. The van der Waals surface area contributed by atoms with Crippen molar-refractivity contribution in [1.82, 2.24) is 14.9 Å². The van der Waals surface area contributed by atoms with Crippen LogP contribution in [-0.4, -0.2) is 47.7 Å². The maximum absolute atomic E-state index is 5.47. The van der Waals surface area contributed by atoms with E-state index in [0.29, 0.717) is 18.4 Å². The quantitative estimate of drug-likeness (QED) is 0.804. The number of nitrogens with zero attached hydrogens (tertiary/aromatic N) is 3. The minimum atomic E-state index is 0.0453. The van der Waals surface area contributed by atoms with E-state index in [2.05, 4.69) is 55.1 Å². The molecule has 0 saturated heterocycles. The Bertz CT molecular complexity index is 366. The second-order valence-corrected chi connectivity index (χ2v) is 5.13. The first-order valence-corrected chi connectivity index (χ1v) is 6.33. The molecule has 0 atom stereocenters. The molecule has 0 aliphatic rings. The van der Waals surface area contributed by atoms with Crippen molar-refractivity contribution >= 4 is 5.95 Å². The number of hydrogen-bond donors (Lipinski definition) is 1. The smallest absolute Gasteiger partial charge is 0.226 e. The molecule has 1 N–H and O–H groups in total. The van der Waals surface area contributed by atoms with Gasteiger partial charge < -0.3 is 15.0 Å². The summed E-state index contributed by atoms with van der Waals surface area (Å²) in [7, 11) is 4.12. The van der Waals surface area contributed by atoms with Gasteiger partial charge in [0.05, 0.1) is 6.61 Å². The summed E-state index contributed by atoms with van der Waals surface area (Å²) < 4.78 is 5.47. The Hall–Kier alpha value is -1.36. The number of rotatable bonds is 7. The molecule has 0 amide bonds. The van der Waals surface area contributed by atoms with Crippen LogP contribution >= 0.6 is 0 Å². The number of hydrogen-bond acceptors (Lipinski definition) is 5. The Labute approximate surface area is 110 Å². The average molecular weight is 252 g/mol. The van der Waals surface area contributed by atoms with Gasteiger partial charge in [0.15, 0.2) is 0 Å². The third kappa shape index (κ3) is 4.49. The van der Waals surface area contributed by atoms with Crippen LogP contribution in [0.2, 0.25) is 0 Å². The molecule has 0 aliphatic carbocycles. The van der Waals surface area contributed by atoms with E-state index in [9.17, 15) is 0 Å². The third-order valence-corrected chi connectivity index (χ3v) is 2.97. The molecule has 18 heavy (non-hydrogen) atoms. The first kappa shape index (κ1) is 14.7. The van der Waals surface area contributed by atoms with E-state index < -0.39 is 0 Å². The summed E-state index contributed by atoms with van der Waals surface area (Å²) in [5.74, 6) is 1.23. The molecule has 0 bridgehead atoms. The highest BCUT2D eigenvalue weighted by Crippen LogP contribution is 2.13. The minimum absolute atomic E-state index is 0.0453. The molecule has 0 radical (unpaired) electrons. The summed E-state index contributed by atoms with van der Waals surface area (Å²) in [5.41, 5.74) is 0.0453. The Kier molecular flexibility index (Phi) is 5.34. The van der Waals surface area contributed by atoms with Gasteiger partial charge in [0, 0.05) is 24.3 Å². The van der Waals surface area contributed by atoms with Crippen molar-refractivity contribution in [3.05, 3.63) is 12.3 Å². The molecule has 1 aromatic heterocycles. The summed E-state index contributed by atoms with van der Waals surface area (Å²) >= 11 is 0. The summed E-state index contributed by atoms with van der Waals surface area (Å²) in [4.78, 5) is 10.7. The molecule has 5 heteroatoms. The molecule has 0 aliphatic heterocycles. The maximum Gasteiger partial charge on any atom is 0.226 e. The van der Waals surface area contributed by atoms with Gasteiger partial charge in [0.2, 0.25) is 11.8 Å². The average Bonchev–Trinajstić information content (AvgIpc) is 2.34. The lowest BCUT2D eigenvalue weighted by Crippen LogP contribution is -2.44. The van der Waals surface area contributed by atoms with Crippen LogP contribution in [0.4, 0.5) is 5.95 Å². The lowest BCUT2D eigenvalue weighted by atomic mass is 10.1. The molecule has 0 saturated carbocycles. The predicted molar refractivity (Wildman–Crippen MR) is 74.1 cm³/mol. The Balaban J connectivity index is 2.57. The maximum atomic E-state index is 5.47. The van der Waals surface area contributed by atoms with Crippen molar-refractivity contribution < 1.29 is 4.74 Å². The molecule has 0 spiro atoms. The molecule has 0 fully saturated rings. The van der Waals surface area contributed by atoms with E-state index in [0.717, 1.165) is 13.0 Å². The topological polar surface area (TPSA) is 50.3 Å². The van der Waals surface area contributed by atoms with Crippen LogP contribution in [0.3, 0.4) is 0 Å². The highest BCUT2D eigenvalue weighted by atomic mass is 16.5. The van der Waals surface area contributed by atoms with Crippen LogP contribution < -0.4 is 10.1 Å². The van der Waals surface area contributed by atoms with Gasteiger partial charge in [0.1, 0.15) is 0 Å². The SMILES string of the molecule is CCCOc1ccnc(NCC(C)(C)N(C)C)n1. The summed E-state index contributed by atoms with van der Waals surface area (Å²) in [5, 5.41) is 3.24. The molecule has 1 rings (SSSR count). The highest BCUT2D eigenvalue weighted by Gasteiger charge is 2.20. The number of aromatic nitrogens is 2. The lowest BCUT2D eigenvalue weighted by Gasteiger charge is -2.32. The Morgan fingerprint density at radius 3 is 2.72 bits per heavy atom. The zero-order valence-corrected chi connectivity index (χ0v) is 12.0. The number of anilines is 1. The fraction of sp³-hybridized carbons (Fsp3) is 0.692. The van der Waals surface area contributed by atoms with E-state index in [-0.39, 0.29) is 5.54 Å². The van der Waals surface area contributed by atoms with E-state index in [1.807, 2.05) is 0 Å². The van der Waals surface area contributed by atoms with Crippen LogP contribution in [0.25, 0.3) is 0 Å². The molecular weight excluding hydrogens is 228 g/mol. The van der Waals surface area contributed by atoms with Crippen molar-refractivity contribution in [2.24, 2.45) is 0 Å². The zero-order valence-electron chi connectivity index (χ0n) is 12.0. The van der Waals surface area contributed by atoms with Gasteiger partial charge >= 0.3 is 0 Å². The van der Waals surface area contributed by atoms with Gasteiger partial charge in [-0.25, -0.2) is 4.98 Å². The monoisotopic (exact) mass is 252 g/mol. The summed E-state index contributed by atoms with van der Waals surface area (Å²) in [6, 6.07) is 1.78. The van der Waals surface area contributed by atoms with Gasteiger partial charge in [-0.15, -0.1) is 0 Å². The van der Waals surface area contributed by atoms with Crippen LogP contribution in [0.5, 0.6) is 5.88 Å². The van der Waals surface area contributed by atoms with Crippen LogP contribution in [0, 0.1) is 0 Å². The van der Waals surface area contributed by atoms with Crippen molar-refractivity contribution in [3.8, 4) is 5.88 Å². The normalized spacial score (nSPS) is 11.7. The molecule has 102 valence electrons. The van der Waals surface area contributed by atoms with Gasteiger partial charge in [-0.05, 0) is 34.4 Å². The van der Waals surface area contributed by atoms with Crippen LogP contribution in [0.1, 0.15) is 27.2 Å². The van der Waals surface area contributed by atoms with Crippen molar-refractivity contribution in [2.45, 2.75) is 32.7 Å². The van der Waals surface area contributed by atoms with Crippen molar-refractivity contribution in [3.63, 3.8) is 0 Å². The molecule has 1 aromatic rings. The van der Waals surface area contributed by atoms with Gasteiger partial charge in [-0.1, -0.05) is 6.92 Å². The number of ether oxygens (including phenoxy) is 1.